The summed E-state index contributed by atoms with van der Waals surface area (Å²) in [6.07, 6.45) is 12.5. The van der Waals surface area contributed by atoms with Crippen molar-refractivity contribution in [3.63, 3.8) is 0 Å². The quantitative estimate of drug-likeness (QED) is 0.523. The molecule has 1 amide bonds. The lowest BCUT2D eigenvalue weighted by atomic mass is 10.1. The van der Waals surface area contributed by atoms with Gasteiger partial charge in [0.15, 0.2) is 0 Å². The number of carbonyl (C=O) groups is 1. The molecule has 0 saturated heterocycles. The molecule has 0 rings (SSSR count). The third-order valence-corrected chi connectivity index (χ3v) is 3.20. The maximum atomic E-state index is 12.0. The van der Waals surface area contributed by atoms with Crippen LogP contribution < -0.4 is 0 Å². The second-order valence-electron chi connectivity index (χ2n) is 5.10. The van der Waals surface area contributed by atoms with Crippen LogP contribution in [-0.4, -0.2) is 23.9 Å². The minimum atomic E-state index is 0.299. The zero-order chi connectivity index (χ0) is 14.5. The van der Waals surface area contributed by atoms with Crippen LogP contribution in [0.15, 0.2) is 23.8 Å². The molecule has 2 nitrogen and oxygen atoms in total. The molecule has 0 saturated carbocycles. The normalized spacial score (nSPS) is 12.1. The van der Waals surface area contributed by atoms with Crippen LogP contribution in [-0.2, 0) is 4.79 Å². The topological polar surface area (TPSA) is 20.3 Å². The summed E-state index contributed by atoms with van der Waals surface area (Å²) in [5.41, 5.74) is 1.38. The van der Waals surface area contributed by atoms with E-state index in [1.165, 1.54) is 5.57 Å². The van der Waals surface area contributed by atoms with E-state index in [2.05, 4.69) is 45.9 Å². The zero-order valence-electron chi connectivity index (χ0n) is 13.2. The Hall–Kier alpha value is -1.05. The van der Waals surface area contributed by atoms with Crippen molar-refractivity contribution in [2.24, 2.45) is 0 Å². The number of rotatable bonds is 10. The van der Waals surface area contributed by atoms with Crippen molar-refractivity contribution in [1.29, 1.82) is 0 Å². The lowest BCUT2D eigenvalue weighted by molar-refractivity contribution is -0.130. The van der Waals surface area contributed by atoms with Crippen LogP contribution in [0.3, 0.4) is 0 Å². The Morgan fingerprint density at radius 3 is 2.47 bits per heavy atom. The second kappa shape index (κ2) is 12.0. The van der Waals surface area contributed by atoms with Crippen molar-refractivity contribution in [3.8, 4) is 0 Å². The van der Waals surface area contributed by atoms with E-state index >= 15 is 0 Å². The summed E-state index contributed by atoms with van der Waals surface area (Å²) in [7, 11) is 0. The van der Waals surface area contributed by atoms with Crippen LogP contribution >= 0.6 is 0 Å². The number of amides is 1. The average Bonchev–Trinajstić information content (AvgIpc) is 2.39. The van der Waals surface area contributed by atoms with E-state index in [0.717, 1.165) is 45.2 Å². The van der Waals surface area contributed by atoms with Gasteiger partial charge in [-0.15, -0.1) is 0 Å². The summed E-state index contributed by atoms with van der Waals surface area (Å²) in [5.74, 6) is 0.299. The van der Waals surface area contributed by atoms with Gasteiger partial charge in [-0.25, -0.2) is 0 Å². The standard InChI is InChI=1S/C17H31NO/c1-5-8-10-12-16(4)13-15-18(14-9-6-2)17(19)11-7-3/h5,8,13H,6-7,9-12,14-15H2,1-4H3/b8-5+,16-13-. The van der Waals surface area contributed by atoms with Crippen LogP contribution in [0.25, 0.3) is 0 Å². The number of hydrogen-bond donors (Lipinski definition) is 0. The van der Waals surface area contributed by atoms with Crippen molar-refractivity contribution in [1.82, 2.24) is 4.90 Å². The molecule has 0 fully saturated rings. The van der Waals surface area contributed by atoms with Gasteiger partial charge >= 0.3 is 0 Å². The van der Waals surface area contributed by atoms with Crippen LogP contribution in [0.1, 0.15) is 66.2 Å². The fourth-order valence-corrected chi connectivity index (χ4v) is 1.88. The Kier molecular flexibility index (Phi) is 11.3. The zero-order valence-corrected chi connectivity index (χ0v) is 13.2. The Morgan fingerprint density at radius 1 is 1.16 bits per heavy atom. The highest BCUT2D eigenvalue weighted by molar-refractivity contribution is 5.76. The molecular weight excluding hydrogens is 234 g/mol. The molecule has 0 aliphatic heterocycles. The van der Waals surface area contributed by atoms with E-state index in [1.807, 2.05) is 4.90 Å². The van der Waals surface area contributed by atoms with Gasteiger partial charge < -0.3 is 4.90 Å². The largest absolute Gasteiger partial charge is 0.339 e. The van der Waals surface area contributed by atoms with Crippen molar-refractivity contribution in [2.45, 2.75) is 66.2 Å². The highest BCUT2D eigenvalue weighted by Gasteiger charge is 2.10. The van der Waals surface area contributed by atoms with Gasteiger partial charge in [0.25, 0.3) is 0 Å². The maximum absolute atomic E-state index is 12.0. The fraction of sp³-hybridized carbons (Fsp3) is 0.706. The first kappa shape index (κ1) is 17.9. The Bertz CT molecular complexity index is 292. The molecule has 0 heterocycles. The molecule has 110 valence electrons. The molecule has 0 unspecified atom stereocenters. The monoisotopic (exact) mass is 265 g/mol. The van der Waals surface area contributed by atoms with Crippen LogP contribution in [0, 0.1) is 0 Å². The predicted octanol–water partition coefficient (Wildman–Crippen LogP) is 4.72. The van der Waals surface area contributed by atoms with Gasteiger partial charge in [0.05, 0.1) is 0 Å². The van der Waals surface area contributed by atoms with Crippen molar-refractivity contribution >= 4 is 5.91 Å². The molecule has 0 spiro atoms. The van der Waals surface area contributed by atoms with E-state index in [1.54, 1.807) is 0 Å². The Morgan fingerprint density at radius 2 is 1.89 bits per heavy atom. The minimum absolute atomic E-state index is 0.299. The Labute approximate surface area is 119 Å². The van der Waals surface area contributed by atoms with Gasteiger partial charge in [-0.1, -0.05) is 44.1 Å². The summed E-state index contributed by atoms with van der Waals surface area (Å²) in [6.45, 7) is 10.1. The van der Waals surface area contributed by atoms with Crippen molar-refractivity contribution in [3.05, 3.63) is 23.8 Å². The minimum Gasteiger partial charge on any atom is -0.339 e. The molecule has 0 aromatic heterocycles. The molecule has 0 aromatic rings. The van der Waals surface area contributed by atoms with E-state index in [-0.39, 0.29) is 0 Å². The molecule has 19 heavy (non-hydrogen) atoms. The van der Waals surface area contributed by atoms with Gasteiger partial charge in [-0.05, 0) is 39.5 Å². The predicted molar refractivity (Wildman–Crippen MR) is 84.2 cm³/mol. The van der Waals surface area contributed by atoms with Gasteiger partial charge in [0, 0.05) is 19.5 Å². The lowest BCUT2D eigenvalue weighted by Crippen LogP contribution is -2.32. The summed E-state index contributed by atoms with van der Waals surface area (Å²) < 4.78 is 0. The highest BCUT2D eigenvalue weighted by atomic mass is 16.2. The third-order valence-electron chi connectivity index (χ3n) is 3.20. The first-order valence-corrected chi connectivity index (χ1v) is 7.70. The first-order valence-electron chi connectivity index (χ1n) is 7.70. The van der Waals surface area contributed by atoms with Crippen molar-refractivity contribution in [2.75, 3.05) is 13.1 Å². The fourth-order valence-electron chi connectivity index (χ4n) is 1.88. The van der Waals surface area contributed by atoms with E-state index in [0.29, 0.717) is 12.3 Å². The summed E-state index contributed by atoms with van der Waals surface area (Å²) in [6, 6.07) is 0. The molecule has 0 atom stereocenters. The smallest absolute Gasteiger partial charge is 0.222 e. The number of carbonyl (C=O) groups excluding carboxylic acids is 1. The molecule has 0 N–H and O–H groups in total. The molecule has 0 radical (unpaired) electrons. The van der Waals surface area contributed by atoms with E-state index in [4.69, 9.17) is 0 Å². The number of hydrogen-bond acceptors (Lipinski definition) is 1. The van der Waals surface area contributed by atoms with Gasteiger partial charge in [-0.3, -0.25) is 4.79 Å². The highest BCUT2D eigenvalue weighted by Crippen LogP contribution is 2.07. The second-order valence-corrected chi connectivity index (χ2v) is 5.10. The maximum Gasteiger partial charge on any atom is 0.222 e. The van der Waals surface area contributed by atoms with Crippen LogP contribution in [0.2, 0.25) is 0 Å². The lowest BCUT2D eigenvalue weighted by Gasteiger charge is -2.21. The first-order chi connectivity index (χ1) is 9.15. The van der Waals surface area contributed by atoms with Crippen molar-refractivity contribution < 1.29 is 4.79 Å². The summed E-state index contributed by atoms with van der Waals surface area (Å²) in [5, 5.41) is 0. The van der Waals surface area contributed by atoms with Crippen LogP contribution in [0.4, 0.5) is 0 Å². The molecule has 0 bridgehead atoms. The van der Waals surface area contributed by atoms with Gasteiger partial charge in [-0.2, -0.15) is 0 Å². The number of nitrogens with zero attached hydrogens (tertiary/aromatic N) is 1. The van der Waals surface area contributed by atoms with E-state index in [9.17, 15) is 4.79 Å². The van der Waals surface area contributed by atoms with Gasteiger partial charge in [0.1, 0.15) is 0 Å². The molecular formula is C17H31NO. The molecule has 2 heteroatoms. The summed E-state index contributed by atoms with van der Waals surface area (Å²) in [4.78, 5) is 14.0. The molecule has 0 aromatic carbocycles. The number of allylic oxidation sites excluding steroid dienone is 3. The molecule has 0 aliphatic carbocycles. The third kappa shape index (κ3) is 9.52. The summed E-state index contributed by atoms with van der Waals surface area (Å²) >= 11 is 0. The van der Waals surface area contributed by atoms with Crippen LogP contribution in [0.5, 0.6) is 0 Å². The average molecular weight is 265 g/mol. The Balaban J connectivity index is 4.29. The SMILES string of the molecule is C/C=C/CC/C(C)=C\CN(CCCC)C(=O)CCC. The van der Waals surface area contributed by atoms with Gasteiger partial charge in [0.2, 0.25) is 5.91 Å². The van der Waals surface area contributed by atoms with E-state index < -0.39 is 0 Å². The number of unbranched alkanes of at least 4 members (excludes halogenated alkanes) is 1. The molecule has 0 aliphatic rings.